The third-order valence-corrected chi connectivity index (χ3v) is 4.38. The molecule has 8 heteroatoms. The van der Waals surface area contributed by atoms with E-state index in [0.29, 0.717) is 30.5 Å². The lowest BCUT2D eigenvalue weighted by Gasteiger charge is -2.11. The van der Waals surface area contributed by atoms with Crippen LogP contribution in [-0.2, 0) is 13.1 Å². The Balaban J connectivity index is 0.00000341. The number of aromatic nitrogens is 1. The Bertz CT molecular complexity index is 985. The molecule has 0 aliphatic carbocycles. The third-order valence-electron chi connectivity index (χ3n) is 4.38. The van der Waals surface area contributed by atoms with Gasteiger partial charge in [0.2, 0.25) is 5.89 Å². The van der Waals surface area contributed by atoms with Gasteiger partial charge in [0, 0.05) is 31.8 Å². The Kier molecular flexibility index (Phi) is 9.51. The Morgan fingerprint density at radius 3 is 2.42 bits per heavy atom. The van der Waals surface area contributed by atoms with Gasteiger partial charge in [-0.3, -0.25) is 4.79 Å². The van der Waals surface area contributed by atoms with Gasteiger partial charge in [0.1, 0.15) is 6.26 Å². The minimum absolute atomic E-state index is 0. The van der Waals surface area contributed by atoms with Gasteiger partial charge < -0.3 is 20.0 Å². The second-order valence-electron chi connectivity index (χ2n) is 6.96. The van der Waals surface area contributed by atoms with Crippen molar-refractivity contribution in [3.8, 4) is 11.5 Å². The third kappa shape index (κ3) is 7.09. The molecule has 1 heterocycles. The minimum Gasteiger partial charge on any atom is -0.444 e. The number of oxazole rings is 1. The van der Waals surface area contributed by atoms with Crippen molar-refractivity contribution in [2.24, 2.45) is 4.99 Å². The zero-order valence-electron chi connectivity index (χ0n) is 18.0. The molecule has 2 N–H and O–H groups in total. The highest BCUT2D eigenvalue weighted by molar-refractivity contribution is 14.0. The van der Waals surface area contributed by atoms with E-state index in [4.69, 9.17) is 4.42 Å². The van der Waals surface area contributed by atoms with Crippen LogP contribution in [0.25, 0.3) is 11.5 Å². The van der Waals surface area contributed by atoms with Crippen LogP contribution in [0.1, 0.15) is 28.5 Å². The van der Waals surface area contributed by atoms with E-state index in [1.54, 1.807) is 25.3 Å². The highest BCUT2D eigenvalue weighted by Gasteiger charge is 2.08. The van der Waals surface area contributed by atoms with Crippen molar-refractivity contribution in [2.45, 2.75) is 20.0 Å². The van der Waals surface area contributed by atoms with Gasteiger partial charge in [-0.25, -0.2) is 9.98 Å². The van der Waals surface area contributed by atoms with Crippen molar-refractivity contribution >= 4 is 35.8 Å². The lowest BCUT2D eigenvalue weighted by molar-refractivity contribution is 0.0827. The van der Waals surface area contributed by atoms with E-state index in [0.717, 1.165) is 23.4 Å². The molecule has 0 aliphatic heterocycles. The van der Waals surface area contributed by atoms with Crippen LogP contribution in [0.4, 0.5) is 0 Å². The highest BCUT2D eigenvalue weighted by Crippen LogP contribution is 2.17. The molecule has 3 rings (SSSR count). The topological polar surface area (TPSA) is 82.8 Å². The number of guanidine groups is 1. The molecule has 0 aliphatic rings. The summed E-state index contributed by atoms with van der Waals surface area (Å²) in [4.78, 5) is 22.7. The lowest BCUT2D eigenvalue weighted by Crippen LogP contribution is -2.36. The lowest BCUT2D eigenvalue weighted by atomic mass is 10.1. The summed E-state index contributed by atoms with van der Waals surface area (Å²) in [6.07, 6.45) is 1.65. The zero-order valence-corrected chi connectivity index (χ0v) is 20.3. The van der Waals surface area contributed by atoms with Gasteiger partial charge in [-0.15, -0.1) is 24.0 Å². The summed E-state index contributed by atoms with van der Waals surface area (Å²) in [6, 6.07) is 17.3. The molecule has 0 unspecified atom stereocenters. The summed E-state index contributed by atoms with van der Waals surface area (Å²) in [5.41, 5.74) is 3.43. The van der Waals surface area contributed by atoms with E-state index < -0.39 is 0 Å². The van der Waals surface area contributed by atoms with Crippen LogP contribution in [0, 0.1) is 0 Å². The van der Waals surface area contributed by atoms with Crippen LogP contribution in [-0.4, -0.2) is 42.4 Å². The van der Waals surface area contributed by atoms with E-state index in [-0.39, 0.29) is 29.9 Å². The smallest absolute Gasteiger partial charge is 0.253 e. The standard InChI is InChI=1S/C23H27N5O2.HI/c1-4-24-23(25-14-17-10-12-19(13-11-17)22(29)28(2)3)26-15-20-16-30-21(27-20)18-8-6-5-7-9-18;/h5-13,16H,4,14-15H2,1-3H3,(H2,24,25,26);1H. The van der Waals surface area contributed by atoms with Crippen molar-refractivity contribution in [2.75, 3.05) is 20.6 Å². The van der Waals surface area contributed by atoms with Crippen LogP contribution in [0.3, 0.4) is 0 Å². The molecule has 31 heavy (non-hydrogen) atoms. The molecule has 0 atom stereocenters. The molecular weight excluding hydrogens is 505 g/mol. The molecule has 1 amide bonds. The Labute approximate surface area is 200 Å². The summed E-state index contributed by atoms with van der Waals surface area (Å²) in [5, 5.41) is 6.50. The quantitative estimate of drug-likeness (QED) is 0.274. The van der Waals surface area contributed by atoms with Crippen LogP contribution in [0.15, 0.2) is 70.3 Å². The molecular formula is C23H28IN5O2. The molecule has 0 radical (unpaired) electrons. The number of hydrogen-bond donors (Lipinski definition) is 2. The first kappa shape index (κ1) is 24.4. The van der Waals surface area contributed by atoms with Crippen molar-refractivity contribution in [3.63, 3.8) is 0 Å². The van der Waals surface area contributed by atoms with Gasteiger partial charge >= 0.3 is 0 Å². The van der Waals surface area contributed by atoms with Crippen LogP contribution in [0.5, 0.6) is 0 Å². The first-order valence-electron chi connectivity index (χ1n) is 9.89. The molecule has 3 aromatic rings. The van der Waals surface area contributed by atoms with E-state index in [9.17, 15) is 4.79 Å². The highest BCUT2D eigenvalue weighted by atomic mass is 127. The maximum atomic E-state index is 12.0. The Morgan fingerprint density at radius 1 is 1.06 bits per heavy atom. The zero-order chi connectivity index (χ0) is 21.3. The number of carbonyl (C=O) groups is 1. The molecule has 0 fully saturated rings. The van der Waals surface area contributed by atoms with Gasteiger partial charge in [-0.2, -0.15) is 0 Å². The van der Waals surface area contributed by atoms with Gasteiger partial charge in [0.15, 0.2) is 5.96 Å². The Hall–Kier alpha value is -2.88. The van der Waals surface area contributed by atoms with Crippen molar-refractivity contribution in [1.82, 2.24) is 20.5 Å². The van der Waals surface area contributed by atoms with E-state index >= 15 is 0 Å². The fourth-order valence-corrected chi connectivity index (χ4v) is 2.80. The molecule has 0 saturated carbocycles. The average molecular weight is 533 g/mol. The first-order chi connectivity index (χ1) is 14.6. The first-order valence-corrected chi connectivity index (χ1v) is 9.89. The summed E-state index contributed by atoms with van der Waals surface area (Å²) < 4.78 is 5.58. The molecule has 7 nitrogen and oxygen atoms in total. The molecule has 164 valence electrons. The van der Waals surface area contributed by atoms with Gasteiger partial charge in [-0.05, 0) is 36.8 Å². The largest absolute Gasteiger partial charge is 0.444 e. The van der Waals surface area contributed by atoms with E-state index in [1.165, 1.54) is 0 Å². The van der Waals surface area contributed by atoms with E-state index in [1.807, 2.05) is 61.5 Å². The van der Waals surface area contributed by atoms with Crippen molar-refractivity contribution < 1.29 is 9.21 Å². The summed E-state index contributed by atoms with van der Waals surface area (Å²) in [5.74, 6) is 1.28. The predicted octanol–water partition coefficient (Wildman–Crippen LogP) is 3.92. The second-order valence-corrected chi connectivity index (χ2v) is 6.96. The summed E-state index contributed by atoms with van der Waals surface area (Å²) in [6.45, 7) is 3.76. The number of nitrogens with one attached hydrogen (secondary N) is 2. The fourth-order valence-electron chi connectivity index (χ4n) is 2.80. The monoisotopic (exact) mass is 533 g/mol. The maximum absolute atomic E-state index is 12.0. The van der Waals surface area contributed by atoms with Crippen LogP contribution in [0.2, 0.25) is 0 Å². The number of benzene rings is 2. The molecule has 0 bridgehead atoms. The summed E-state index contributed by atoms with van der Waals surface area (Å²) in [7, 11) is 3.49. The molecule has 1 aromatic heterocycles. The van der Waals surface area contributed by atoms with Gasteiger partial charge in [0.25, 0.3) is 5.91 Å². The summed E-state index contributed by atoms with van der Waals surface area (Å²) >= 11 is 0. The Morgan fingerprint density at radius 2 is 1.77 bits per heavy atom. The minimum atomic E-state index is -0.0115. The second kappa shape index (κ2) is 12.1. The van der Waals surface area contributed by atoms with Crippen LogP contribution < -0.4 is 10.6 Å². The predicted molar refractivity (Wildman–Crippen MR) is 133 cm³/mol. The number of amides is 1. The number of rotatable bonds is 7. The van der Waals surface area contributed by atoms with Crippen molar-refractivity contribution in [1.29, 1.82) is 0 Å². The van der Waals surface area contributed by atoms with Crippen LogP contribution >= 0.6 is 24.0 Å². The SMILES string of the molecule is CCNC(=NCc1ccc(C(=O)N(C)C)cc1)NCc1coc(-c2ccccc2)n1.I. The number of halogens is 1. The molecule has 0 spiro atoms. The fraction of sp³-hybridized carbons (Fsp3) is 0.261. The van der Waals surface area contributed by atoms with Gasteiger partial charge in [0.05, 0.1) is 18.8 Å². The van der Waals surface area contributed by atoms with Gasteiger partial charge in [-0.1, -0.05) is 30.3 Å². The van der Waals surface area contributed by atoms with Crippen molar-refractivity contribution in [3.05, 3.63) is 77.7 Å². The molecule has 2 aromatic carbocycles. The number of nitrogens with zero attached hydrogens (tertiary/aromatic N) is 3. The number of hydrogen-bond acceptors (Lipinski definition) is 4. The number of aliphatic imine (C=N–C) groups is 1. The normalized spacial score (nSPS) is 10.9. The molecule has 0 saturated heterocycles. The maximum Gasteiger partial charge on any atom is 0.253 e. The number of carbonyl (C=O) groups excluding carboxylic acids is 1. The van der Waals surface area contributed by atoms with E-state index in [2.05, 4.69) is 20.6 Å². The average Bonchev–Trinajstić information content (AvgIpc) is 3.25.